The number of carboxylic acid groups (broad SMARTS) is 1. The number of hydrogen-bond donors (Lipinski definition) is 1. The molecule has 0 aliphatic carbocycles. The smallest absolute Gasteiger partial charge is 0.410 e. The number of aliphatic carboxylic acids is 1. The van der Waals surface area contributed by atoms with Crippen LogP contribution in [0.5, 0.6) is 0 Å². The monoisotopic (exact) mass is 228 g/mol. The van der Waals surface area contributed by atoms with E-state index in [2.05, 4.69) is 4.90 Å². The van der Waals surface area contributed by atoms with Crippen LogP contribution in [-0.4, -0.2) is 66.3 Å². The van der Waals surface area contributed by atoms with Crippen LogP contribution in [0.2, 0.25) is 0 Å². The largest absolute Gasteiger partial charge is 0.478 e. The molecular weight excluding hydrogens is 212 g/mol. The van der Waals surface area contributed by atoms with Crippen molar-refractivity contribution in [2.75, 3.05) is 33.2 Å². The summed E-state index contributed by atoms with van der Waals surface area (Å²) in [6.07, 6.45) is -0.438. The predicted octanol–water partition coefficient (Wildman–Crippen LogP) is -0.156. The van der Waals surface area contributed by atoms with Gasteiger partial charge in [0.05, 0.1) is 6.54 Å². The standard InChI is InChI=1S/C10H16N2O4/c1-11-3-2-7(4-11)5-12-6-8(9(13)14)16-10(12)15/h7-8H,2-6H2,1H3,(H,13,14)/t7?,8-/m1/s1. The fraction of sp³-hybridized carbons (Fsp3) is 0.800. The molecule has 6 nitrogen and oxygen atoms in total. The number of likely N-dealkylation sites (tertiary alicyclic amines) is 1. The molecule has 2 fully saturated rings. The molecule has 2 heterocycles. The Kier molecular flexibility index (Phi) is 3.00. The summed E-state index contributed by atoms with van der Waals surface area (Å²) >= 11 is 0. The van der Waals surface area contributed by atoms with Crippen LogP contribution in [0.25, 0.3) is 0 Å². The molecule has 90 valence electrons. The number of nitrogens with zero attached hydrogens (tertiary/aromatic N) is 2. The Hall–Kier alpha value is -1.30. The van der Waals surface area contributed by atoms with Gasteiger partial charge in [0.2, 0.25) is 6.10 Å². The minimum absolute atomic E-state index is 0.175. The molecule has 2 aliphatic rings. The fourth-order valence-corrected chi connectivity index (χ4v) is 2.27. The first-order valence-corrected chi connectivity index (χ1v) is 5.43. The van der Waals surface area contributed by atoms with E-state index in [0.717, 1.165) is 19.5 Å². The van der Waals surface area contributed by atoms with Gasteiger partial charge in [-0.1, -0.05) is 0 Å². The van der Waals surface area contributed by atoms with E-state index in [1.807, 2.05) is 7.05 Å². The van der Waals surface area contributed by atoms with Crippen molar-refractivity contribution in [3.63, 3.8) is 0 Å². The number of carboxylic acids is 1. The third-order valence-corrected chi connectivity index (χ3v) is 3.13. The van der Waals surface area contributed by atoms with Crippen molar-refractivity contribution in [2.45, 2.75) is 12.5 Å². The number of rotatable bonds is 3. The number of carbonyl (C=O) groups is 2. The van der Waals surface area contributed by atoms with Gasteiger partial charge in [0, 0.05) is 13.1 Å². The van der Waals surface area contributed by atoms with Crippen molar-refractivity contribution in [1.82, 2.24) is 9.80 Å². The highest BCUT2D eigenvalue weighted by molar-refractivity contribution is 5.81. The Morgan fingerprint density at radius 1 is 1.56 bits per heavy atom. The summed E-state index contributed by atoms with van der Waals surface area (Å²) in [5.74, 6) is -0.635. The maximum atomic E-state index is 11.4. The van der Waals surface area contributed by atoms with Crippen LogP contribution >= 0.6 is 0 Å². The fourth-order valence-electron chi connectivity index (χ4n) is 2.27. The van der Waals surface area contributed by atoms with Crippen LogP contribution in [0.15, 0.2) is 0 Å². The van der Waals surface area contributed by atoms with Gasteiger partial charge in [0.15, 0.2) is 0 Å². The summed E-state index contributed by atoms with van der Waals surface area (Å²) < 4.78 is 4.75. The van der Waals surface area contributed by atoms with Gasteiger partial charge in [-0.15, -0.1) is 0 Å². The van der Waals surface area contributed by atoms with Crippen LogP contribution in [0.3, 0.4) is 0 Å². The third kappa shape index (κ3) is 2.27. The van der Waals surface area contributed by atoms with E-state index in [4.69, 9.17) is 9.84 Å². The Morgan fingerprint density at radius 2 is 2.31 bits per heavy atom. The first-order chi connectivity index (χ1) is 7.56. The van der Waals surface area contributed by atoms with Crippen molar-refractivity contribution in [2.24, 2.45) is 5.92 Å². The summed E-state index contributed by atoms with van der Waals surface area (Å²) in [5.41, 5.74) is 0. The zero-order valence-corrected chi connectivity index (χ0v) is 9.26. The van der Waals surface area contributed by atoms with Gasteiger partial charge < -0.3 is 19.6 Å². The van der Waals surface area contributed by atoms with E-state index >= 15 is 0 Å². The van der Waals surface area contributed by atoms with Gasteiger partial charge in [0.1, 0.15) is 0 Å². The zero-order chi connectivity index (χ0) is 11.7. The van der Waals surface area contributed by atoms with Crippen molar-refractivity contribution in [3.8, 4) is 0 Å². The molecule has 2 rings (SSSR count). The summed E-state index contributed by atoms with van der Waals surface area (Å²) in [4.78, 5) is 25.8. The molecule has 16 heavy (non-hydrogen) atoms. The normalized spacial score (nSPS) is 30.8. The molecule has 0 radical (unpaired) electrons. The lowest BCUT2D eigenvalue weighted by molar-refractivity contribution is -0.144. The quantitative estimate of drug-likeness (QED) is 0.727. The summed E-state index contributed by atoms with van der Waals surface area (Å²) in [7, 11) is 2.04. The van der Waals surface area contributed by atoms with Gasteiger partial charge in [0.25, 0.3) is 0 Å². The number of amides is 1. The Morgan fingerprint density at radius 3 is 2.81 bits per heavy atom. The average Bonchev–Trinajstić information content (AvgIpc) is 2.75. The van der Waals surface area contributed by atoms with Crippen molar-refractivity contribution >= 4 is 12.1 Å². The van der Waals surface area contributed by atoms with Crippen LogP contribution in [0, 0.1) is 5.92 Å². The molecule has 2 saturated heterocycles. The van der Waals surface area contributed by atoms with Crippen molar-refractivity contribution in [3.05, 3.63) is 0 Å². The second kappa shape index (κ2) is 4.29. The Labute approximate surface area is 93.8 Å². The highest BCUT2D eigenvalue weighted by atomic mass is 16.6. The first kappa shape index (κ1) is 11.2. The van der Waals surface area contributed by atoms with E-state index in [0.29, 0.717) is 12.5 Å². The number of cyclic esters (lactones) is 1. The highest BCUT2D eigenvalue weighted by Gasteiger charge is 2.37. The zero-order valence-electron chi connectivity index (χ0n) is 9.26. The predicted molar refractivity (Wildman–Crippen MR) is 55.1 cm³/mol. The van der Waals surface area contributed by atoms with Crippen LogP contribution < -0.4 is 0 Å². The molecule has 0 aromatic carbocycles. The minimum Gasteiger partial charge on any atom is -0.478 e. The Bertz CT molecular complexity index is 307. The molecule has 2 atom stereocenters. The van der Waals surface area contributed by atoms with Crippen molar-refractivity contribution in [1.29, 1.82) is 0 Å². The molecule has 6 heteroatoms. The van der Waals surface area contributed by atoms with E-state index in [1.54, 1.807) is 0 Å². The molecular formula is C10H16N2O4. The molecule has 0 saturated carbocycles. The number of carbonyl (C=O) groups excluding carboxylic acids is 1. The maximum Gasteiger partial charge on any atom is 0.410 e. The molecule has 0 spiro atoms. The second-order valence-corrected chi connectivity index (χ2v) is 4.53. The van der Waals surface area contributed by atoms with E-state index in [9.17, 15) is 9.59 Å². The van der Waals surface area contributed by atoms with Gasteiger partial charge in [-0.05, 0) is 25.9 Å². The summed E-state index contributed by atoms with van der Waals surface area (Å²) in [6.45, 7) is 2.78. The highest BCUT2D eigenvalue weighted by Crippen LogP contribution is 2.19. The number of hydrogen-bond acceptors (Lipinski definition) is 4. The molecule has 1 unspecified atom stereocenters. The minimum atomic E-state index is -1.07. The van der Waals surface area contributed by atoms with Crippen LogP contribution in [0.1, 0.15) is 6.42 Å². The van der Waals surface area contributed by atoms with Gasteiger partial charge in [-0.3, -0.25) is 0 Å². The molecule has 1 amide bonds. The van der Waals surface area contributed by atoms with E-state index < -0.39 is 18.2 Å². The third-order valence-electron chi connectivity index (χ3n) is 3.13. The summed E-state index contributed by atoms with van der Waals surface area (Å²) in [6, 6.07) is 0. The van der Waals surface area contributed by atoms with Crippen molar-refractivity contribution < 1.29 is 19.4 Å². The van der Waals surface area contributed by atoms with Gasteiger partial charge in [-0.25, -0.2) is 9.59 Å². The topological polar surface area (TPSA) is 70.1 Å². The van der Waals surface area contributed by atoms with Gasteiger partial charge in [-0.2, -0.15) is 0 Å². The molecule has 2 aliphatic heterocycles. The molecule has 0 aromatic rings. The lowest BCUT2D eigenvalue weighted by Gasteiger charge is -2.17. The Balaban J connectivity index is 1.86. The first-order valence-electron chi connectivity index (χ1n) is 5.43. The van der Waals surface area contributed by atoms with E-state index in [1.165, 1.54) is 4.90 Å². The van der Waals surface area contributed by atoms with Crippen LogP contribution in [-0.2, 0) is 9.53 Å². The molecule has 0 aromatic heterocycles. The number of ether oxygens (including phenoxy) is 1. The molecule has 0 bridgehead atoms. The lowest BCUT2D eigenvalue weighted by atomic mass is 10.1. The summed E-state index contributed by atoms with van der Waals surface area (Å²) in [5, 5.41) is 8.74. The van der Waals surface area contributed by atoms with Gasteiger partial charge >= 0.3 is 12.1 Å². The maximum absolute atomic E-state index is 11.4. The van der Waals surface area contributed by atoms with E-state index in [-0.39, 0.29) is 6.54 Å². The average molecular weight is 228 g/mol. The lowest BCUT2D eigenvalue weighted by Crippen LogP contribution is -2.33. The van der Waals surface area contributed by atoms with Crippen LogP contribution in [0.4, 0.5) is 4.79 Å². The molecule has 1 N–H and O–H groups in total. The SMILES string of the molecule is CN1CCC(CN2C[C@H](C(=O)O)OC2=O)C1. The second-order valence-electron chi connectivity index (χ2n) is 4.53.